The largest absolute Gasteiger partial charge is 0.228 e. The number of hydrogen-bond donors (Lipinski definition) is 1. The van der Waals surface area contributed by atoms with Gasteiger partial charge in [-0.2, -0.15) is 0 Å². The van der Waals surface area contributed by atoms with E-state index in [1.165, 1.54) is 12.8 Å². The summed E-state index contributed by atoms with van der Waals surface area (Å²) in [6, 6.07) is 0. The molecule has 0 aliphatic heterocycles. The highest BCUT2D eigenvalue weighted by atomic mass is 32.2. The Morgan fingerprint density at radius 1 is 0.846 bits per heavy atom. The minimum Gasteiger partial charge on any atom is -0.228 e. The summed E-state index contributed by atoms with van der Waals surface area (Å²) in [5, 5.41) is 4.88. The van der Waals surface area contributed by atoms with Crippen LogP contribution in [0.1, 0.15) is 51.4 Å². The van der Waals surface area contributed by atoms with Gasteiger partial charge in [0.05, 0.1) is 5.25 Å². The summed E-state index contributed by atoms with van der Waals surface area (Å²) in [6.07, 6.45) is 8.37. The fraction of sp³-hybridized carbons (Fsp3) is 1.00. The number of sulfonamides is 1. The third kappa shape index (κ3) is 4.09. The van der Waals surface area contributed by atoms with Crippen LogP contribution in [0.5, 0.6) is 0 Å². The van der Waals surface area contributed by atoms with Crippen LogP contribution in [-0.4, -0.2) is 13.7 Å². The molecule has 2 N–H and O–H groups in total. The predicted molar refractivity (Wildman–Crippen MR) is 53.8 cm³/mol. The van der Waals surface area contributed by atoms with E-state index in [0.717, 1.165) is 38.5 Å². The van der Waals surface area contributed by atoms with E-state index in [1.807, 2.05) is 0 Å². The lowest BCUT2D eigenvalue weighted by Gasteiger charge is -2.12. The Bertz CT molecular complexity index is 226. The topological polar surface area (TPSA) is 60.2 Å². The van der Waals surface area contributed by atoms with Gasteiger partial charge in [-0.05, 0) is 12.8 Å². The van der Waals surface area contributed by atoms with E-state index in [2.05, 4.69) is 0 Å². The van der Waals surface area contributed by atoms with Crippen molar-refractivity contribution in [2.75, 3.05) is 0 Å². The van der Waals surface area contributed by atoms with Crippen molar-refractivity contribution in [2.45, 2.75) is 56.6 Å². The van der Waals surface area contributed by atoms with Crippen LogP contribution in [-0.2, 0) is 10.0 Å². The molecule has 0 spiro atoms. The molecule has 13 heavy (non-hydrogen) atoms. The van der Waals surface area contributed by atoms with Crippen LogP contribution in [0.15, 0.2) is 0 Å². The van der Waals surface area contributed by atoms with Crippen molar-refractivity contribution in [1.82, 2.24) is 0 Å². The van der Waals surface area contributed by atoms with Crippen molar-refractivity contribution >= 4 is 10.0 Å². The number of nitrogens with two attached hydrogens (primary N) is 1. The van der Waals surface area contributed by atoms with Gasteiger partial charge in [0.2, 0.25) is 10.0 Å². The Kier molecular flexibility index (Phi) is 4.19. The Morgan fingerprint density at radius 3 is 1.62 bits per heavy atom. The van der Waals surface area contributed by atoms with E-state index < -0.39 is 10.0 Å². The van der Waals surface area contributed by atoms with E-state index in [1.54, 1.807) is 0 Å². The minimum absolute atomic E-state index is 0.273. The van der Waals surface area contributed by atoms with E-state index in [4.69, 9.17) is 5.14 Å². The fourth-order valence-electron chi connectivity index (χ4n) is 1.92. The standard InChI is InChI=1S/C9H19NO2S/c10-13(11,12)9-7-5-3-1-2-4-6-8-9/h9H,1-8H2,(H2,10,11,12). The van der Waals surface area contributed by atoms with Crippen molar-refractivity contribution in [3.05, 3.63) is 0 Å². The van der Waals surface area contributed by atoms with E-state index in [-0.39, 0.29) is 5.25 Å². The van der Waals surface area contributed by atoms with Gasteiger partial charge in [0.25, 0.3) is 0 Å². The zero-order valence-electron chi connectivity index (χ0n) is 8.04. The van der Waals surface area contributed by atoms with Crippen molar-refractivity contribution in [3.8, 4) is 0 Å². The molecule has 1 aliphatic carbocycles. The maximum Gasteiger partial charge on any atom is 0.211 e. The summed E-state index contributed by atoms with van der Waals surface area (Å²) >= 11 is 0. The Hall–Kier alpha value is -0.0900. The molecule has 1 saturated carbocycles. The van der Waals surface area contributed by atoms with E-state index >= 15 is 0 Å². The van der Waals surface area contributed by atoms with Crippen molar-refractivity contribution < 1.29 is 8.42 Å². The smallest absolute Gasteiger partial charge is 0.211 e. The van der Waals surface area contributed by atoms with Gasteiger partial charge in [-0.25, -0.2) is 13.6 Å². The lowest BCUT2D eigenvalue weighted by molar-refractivity contribution is 0.548. The molecule has 0 unspecified atom stereocenters. The first-order chi connectivity index (χ1) is 6.11. The van der Waals surface area contributed by atoms with Gasteiger partial charge in [-0.1, -0.05) is 38.5 Å². The lowest BCUT2D eigenvalue weighted by Crippen LogP contribution is -2.28. The van der Waals surface area contributed by atoms with Crippen molar-refractivity contribution in [1.29, 1.82) is 0 Å². The van der Waals surface area contributed by atoms with Gasteiger partial charge in [0.1, 0.15) is 0 Å². The molecule has 3 nitrogen and oxygen atoms in total. The maximum absolute atomic E-state index is 11.1. The molecule has 0 heterocycles. The third-order valence-corrected chi connectivity index (χ3v) is 4.17. The molecule has 1 aliphatic rings. The van der Waals surface area contributed by atoms with Crippen LogP contribution in [0.25, 0.3) is 0 Å². The molecule has 0 bridgehead atoms. The first kappa shape index (κ1) is 11.0. The van der Waals surface area contributed by atoms with Crippen LogP contribution < -0.4 is 5.14 Å². The zero-order chi connectivity index (χ0) is 9.73. The summed E-state index contributed by atoms with van der Waals surface area (Å²) in [6.45, 7) is 0. The lowest BCUT2D eigenvalue weighted by atomic mass is 10.1. The molecule has 0 radical (unpaired) electrons. The Balaban J connectivity index is 2.51. The molecule has 0 aromatic carbocycles. The second-order valence-electron chi connectivity index (χ2n) is 3.91. The summed E-state index contributed by atoms with van der Waals surface area (Å²) in [7, 11) is -3.28. The number of primary sulfonamides is 1. The highest BCUT2D eigenvalue weighted by molar-refractivity contribution is 7.89. The molecule has 78 valence electrons. The van der Waals surface area contributed by atoms with Crippen LogP contribution in [0.2, 0.25) is 0 Å². The summed E-state index contributed by atoms with van der Waals surface area (Å²) < 4.78 is 22.3. The molecule has 0 amide bonds. The van der Waals surface area contributed by atoms with Crippen LogP contribution >= 0.6 is 0 Å². The molecular formula is C9H19NO2S. The molecule has 1 rings (SSSR count). The third-order valence-electron chi connectivity index (χ3n) is 2.77. The number of hydrogen-bond acceptors (Lipinski definition) is 2. The van der Waals surface area contributed by atoms with Crippen molar-refractivity contribution in [2.24, 2.45) is 5.14 Å². The molecule has 0 aromatic heterocycles. The summed E-state index contributed by atoms with van der Waals surface area (Å²) in [4.78, 5) is 0. The first-order valence-corrected chi connectivity index (χ1v) is 6.73. The van der Waals surface area contributed by atoms with Gasteiger partial charge in [0.15, 0.2) is 0 Å². The van der Waals surface area contributed by atoms with Gasteiger partial charge < -0.3 is 0 Å². The van der Waals surface area contributed by atoms with Gasteiger partial charge in [-0.15, -0.1) is 0 Å². The van der Waals surface area contributed by atoms with Crippen LogP contribution in [0.4, 0.5) is 0 Å². The summed E-state index contributed by atoms with van der Waals surface area (Å²) in [5.41, 5.74) is 0. The van der Waals surface area contributed by atoms with Crippen LogP contribution in [0.3, 0.4) is 0 Å². The molecule has 1 fully saturated rings. The SMILES string of the molecule is NS(=O)(=O)C1CCCCCCCC1. The van der Waals surface area contributed by atoms with Gasteiger partial charge in [-0.3, -0.25) is 0 Å². The van der Waals surface area contributed by atoms with Crippen molar-refractivity contribution in [3.63, 3.8) is 0 Å². The quantitative estimate of drug-likeness (QED) is 0.709. The highest BCUT2D eigenvalue weighted by Crippen LogP contribution is 2.20. The number of rotatable bonds is 1. The zero-order valence-corrected chi connectivity index (χ0v) is 8.85. The molecule has 0 saturated heterocycles. The molecule has 4 heteroatoms. The Labute approximate surface area is 80.8 Å². The predicted octanol–water partition coefficient (Wildman–Crippen LogP) is 1.78. The molecule has 0 atom stereocenters. The Morgan fingerprint density at radius 2 is 1.23 bits per heavy atom. The monoisotopic (exact) mass is 205 g/mol. The van der Waals surface area contributed by atoms with Crippen LogP contribution in [0, 0.1) is 0 Å². The van der Waals surface area contributed by atoms with Gasteiger partial charge >= 0.3 is 0 Å². The summed E-state index contributed by atoms with van der Waals surface area (Å²) in [5.74, 6) is 0. The average molecular weight is 205 g/mol. The average Bonchev–Trinajstić information content (AvgIpc) is 2.14. The van der Waals surface area contributed by atoms with E-state index in [0.29, 0.717) is 0 Å². The normalized spacial score (nSPS) is 23.2. The second-order valence-corrected chi connectivity index (χ2v) is 5.75. The van der Waals surface area contributed by atoms with E-state index in [9.17, 15) is 8.42 Å². The molecule has 0 aromatic rings. The second kappa shape index (κ2) is 4.96. The van der Waals surface area contributed by atoms with Gasteiger partial charge in [0, 0.05) is 0 Å². The highest BCUT2D eigenvalue weighted by Gasteiger charge is 2.20. The first-order valence-electron chi connectivity index (χ1n) is 5.12. The fourth-order valence-corrected chi connectivity index (χ4v) is 2.91. The maximum atomic E-state index is 11.1. The minimum atomic E-state index is -3.28. The molecular weight excluding hydrogens is 186 g/mol.